The Bertz CT molecular complexity index is 455. The quantitative estimate of drug-likeness (QED) is 0.918. The summed E-state index contributed by atoms with van der Waals surface area (Å²) in [6.45, 7) is 6.75. The van der Waals surface area contributed by atoms with Crippen LogP contribution in [0.15, 0.2) is 0 Å². The molecule has 2 rings (SSSR count). The predicted octanol–water partition coefficient (Wildman–Crippen LogP) is 3.73. The number of nitrogens with zero attached hydrogens (tertiary/aromatic N) is 2. The molecule has 0 bridgehead atoms. The average molecular weight is 298 g/mol. The Kier molecular flexibility index (Phi) is 4.80. The van der Waals surface area contributed by atoms with Crippen LogP contribution >= 0.6 is 11.6 Å². The van der Waals surface area contributed by atoms with Gasteiger partial charge in [-0.15, -0.1) is 0 Å². The van der Waals surface area contributed by atoms with E-state index in [0.29, 0.717) is 11.5 Å². The second-order valence-corrected chi connectivity index (χ2v) is 7.45. The number of hydrogen-bond acceptors (Lipinski definition) is 2. The first kappa shape index (κ1) is 15.8. The van der Waals surface area contributed by atoms with Crippen LogP contribution < -0.4 is 5.32 Å². The largest absolute Gasteiger partial charge is 0.316 e. The molecule has 1 fully saturated rings. The third-order valence-electron chi connectivity index (χ3n) is 5.00. The minimum Gasteiger partial charge on any atom is -0.316 e. The van der Waals surface area contributed by atoms with Crippen LogP contribution in [0.25, 0.3) is 0 Å². The summed E-state index contributed by atoms with van der Waals surface area (Å²) < 4.78 is 1.94. The Morgan fingerprint density at radius 3 is 2.45 bits per heavy atom. The number of aryl methyl sites for hydroxylation is 2. The van der Waals surface area contributed by atoms with Crippen molar-refractivity contribution in [1.29, 1.82) is 0 Å². The second kappa shape index (κ2) is 6.07. The lowest BCUT2D eigenvalue weighted by atomic mass is 9.70. The van der Waals surface area contributed by atoms with E-state index < -0.39 is 0 Å². The van der Waals surface area contributed by atoms with Crippen molar-refractivity contribution >= 4 is 11.6 Å². The smallest absolute Gasteiger partial charge is 0.0847 e. The van der Waals surface area contributed by atoms with Crippen LogP contribution in [0.4, 0.5) is 0 Å². The van der Waals surface area contributed by atoms with Gasteiger partial charge >= 0.3 is 0 Å². The highest BCUT2D eigenvalue weighted by atomic mass is 35.5. The van der Waals surface area contributed by atoms with Gasteiger partial charge in [-0.25, -0.2) is 0 Å². The summed E-state index contributed by atoms with van der Waals surface area (Å²) in [6.07, 6.45) is 6.25. The summed E-state index contributed by atoms with van der Waals surface area (Å²) >= 11 is 6.39. The zero-order valence-corrected chi connectivity index (χ0v) is 14.2. The Hall–Kier alpha value is -0.540. The van der Waals surface area contributed by atoms with Gasteiger partial charge < -0.3 is 5.32 Å². The molecule has 1 aliphatic carbocycles. The van der Waals surface area contributed by atoms with E-state index in [4.69, 9.17) is 11.6 Å². The topological polar surface area (TPSA) is 29.9 Å². The summed E-state index contributed by atoms with van der Waals surface area (Å²) in [5.41, 5.74) is 2.62. The van der Waals surface area contributed by atoms with Crippen LogP contribution in [0.2, 0.25) is 5.02 Å². The van der Waals surface area contributed by atoms with Crippen LogP contribution in [0, 0.1) is 18.3 Å². The van der Waals surface area contributed by atoms with Crippen molar-refractivity contribution in [3.8, 4) is 0 Å². The minimum absolute atomic E-state index is 0.499. The Morgan fingerprint density at radius 1 is 1.40 bits per heavy atom. The highest BCUT2D eigenvalue weighted by molar-refractivity contribution is 6.31. The molecule has 4 heteroatoms. The molecule has 1 N–H and O–H groups in total. The predicted molar refractivity (Wildman–Crippen MR) is 85.2 cm³/mol. The van der Waals surface area contributed by atoms with E-state index in [1.807, 2.05) is 18.7 Å². The van der Waals surface area contributed by atoms with Crippen LogP contribution in [0.5, 0.6) is 0 Å². The molecule has 0 aromatic carbocycles. The molecule has 0 saturated heterocycles. The van der Waals surface area contributed by atoms with E-state index >= 15 is 0 Å². The molecule has 0 spiro atoms. The van der Waals surface area contributed by atoms with Gasteiger partial charge in [0.25, 0.3) is 0 Å². The highest BCUT2D eigenvalue weighted by Crippen LogP contribution is 2.39. The monoisotopic (exact) mass is 297 g/mol. The van der Waals surface area contributed by atoms with Crippen molar-refractivity contribution in [3.05, 3.63) is 16.4 Å². The number of rotatable bonds is 4. The summed E-state index contributed by atoms with van der Waals surface area (Å²) in [6, 6.07) is 0.499. The number of hydrogen-bond donors (Lipinski definition) is 1. The SMILES string of the molecule is CNC(Cc1c(Cl)c(C)nn1C)C1CCC(C)(C)CC1. The number of aromatic nitrogens is 2. The molecule has 20 heavy (non-hydrogen) atoms. The molecule has 1 aromatic rings. The van der Waals surface area contributed by atoms with E-state index in [0.717, 1.165) is 28.7 Å². The zero-order valence-electron chi connectivity index (χ0n) is 13.5. The molecule has 0 radical (unpaired) electrons. The van der Waals surface area contributed by atoms with Gasteiger partial charge in [0.15, 0.2) is 0 Å². The number of likely N-dealkylation sites (N-methyl/N-ethyl adjacent to an activating group) is 1. The van der Waals surface area contributed by atoms with E-state index in [9.17, 15) is 0 Å². The second-order valence-electron chi connectivity index (χ2n) is 7.07. The van der Waals surface area contributed by atoms with Crippen LogP contribution in [0.3, 0.4) is 0 Å². The van der Waals surface area contributed by atoms with Crippen molar-refractivity contribution < 1.29 is 0 Å². The van der Waals surface area contributed by atoms with Gasteiger partial charge in [0.1, 0.15) is 0 Å². The maximum atomic E-state index is 6.39. The van der Waals surface area contributed by atoms with Crippen LogP contribution in [0.1, 0.15) is 50.9 Å². The maximum absolute atomic E-state index is 6.39. The van der Waals surface area contributed by atoms with E-state index in [1.54, 1.807) is 0 Å². The normalized spacial score (nSPS) is 21.1. The molecule has 1 aliphatic rings. The van der Waals surface area contributed by atoms with E-state index in [1.165, 1.54) is 25.7 Å². The zero-order chi connectivity index (χ0) is 14.9. The van der Waals surface area contributed by atoms with Gasteiger partial charge in [0.2, 0.25) is 0 Å². The molecular weight excluding hydrogens is 270 g/mol. The molecular formula is C16H28ClN3. The molecule has 1 saturated carbocycles. The van der Waals surface area contributed by atoms with Gasteiger partial charge in [0.05, 0.1) is 16.4 Å². The molecule has 0 amide bonds. The third-order valence-corrected chi connectivity index (χ3v) is 5.49. The lowest BCUT2D eigenvalue weighted by molar-refractivity contribution is 0.163. The Balaban J connectivity index is 2.06. The third kappa shape index (κ3) is 3.37. The molecule has 1 atom stereocenters. The van der Waals surface area contributed by atoms with E-state index in [2.05, 4.69) is 31.3 Å². The summed E-state index contributed by atoms with van der Waals surface area (Å²) in [5.74, 6) is 0.749. The van der Waals surface area contributed by atoms with Crippen LogP contribution in [-0.4, -0.2) is 22.9 Å². The molecule has 1 heterocycles. The van der Waals surface area contributed by atoms with Gasteiger partial charge in [0, 0.05) is 19.5 Å². The Morgan fingerprint density at radius 2 is 2.00 bits per heavy atom. The van der Waals surface area contributed by atoms with Crippen molar-refractivity contribution in [2.24, 2.45) is 18.4 Å². The molecule has 1 unspecified atom stereocenters. The molecule has 114 valence electrons. The molecule has 0 aliphatic heterocycles. The summed E-state index contributed by atoms with van der Waals surface area (Å²) in [4.78, 5) is 0. The summed E-state index contributed by atoms with van der Waals surface area (Å²) in [5, 5.41) is 8.77. The van der Waals surface area contributed by atoms with E-state index in [-0.39, 0.29) is 0 Å². The van der Waals surface area contributed by atoms with Crippen molar-refractivity contribution in [2.75, 3.05) is 7.05 Å². The maximum Gasteiger partial charge on any atom is 0.0847 e. The fourth-order valence-corrected chi connectivity index (χ4v) is 3.68. The Labute approximate surface area is 128 Å². The lowest BCUT2D eigenvalue weighted by Gasteiger charge is -2.38. The lowest BCUT2D eigenvalue weighted by Crippen LogP contribution is -2.39. The number of nitrogens with one attached hydrogen (secondary N) is 1. The first-order chi connectivity index (χ1) is 9.34. The minimum atomic E-state index is 0.499. The van der Waals surface area contributed by atoms with Gasteiger partial charge in [-0.3, -0.25) is 4.68 Å². The van der Waals surface area contributed by atoms with Crippen molar-refractivity contribution in [1.82, 2.24) is 15.1 Å². The average Bonchev–Trinajstić information content (AvgIpc) is 2.62. The molecule has 1 aromatic heterocycles. The first-order valence-electron chi connectivity index (χ1n) is 7.69. The standard InChI is InChI=1S/C16H28ClN3/c1-11-15(17)14(20(5)19-11)10-13(18-4)12-6-8-16(2,3)9-7-12/h12-13,18H,6-10H2,1-5H3. The summed E-state index contributed by atoms with van der Waals surface area (Å²) in [7, 11) is 4.06. The highest BCUT2D eigenvalue weighted by Gasteiger charge is 2.31. The first-order valence-corrected chi connectivity index (χ1v) is 8.07. The van der Waals surface area contributed by atoms with Crippen molar-refractivity contribution in [3.63, 3.8) is 0 Å². The molecule has 3 nitrogen and oxygen atoms in total. The fourth-order valence-electron chi connectivity index (χ4n) is 3.44. The van der Waals surface area contributed by atoms with Crippen LogP contribution in [-0.2, 0) is 13.5 Å². The van der Waals surface area contributed by atoms with Gasteiger partial charge in [-0.1, -0.05) is 25.4 Å². The number of halogens is 1. The fraction of sp³-hybridized carbons (Fsp3) is 0.812. The van der Waals surface area contributed by atoms with Gasteiger partial charge in [-0.2, -0.15) is 5.10 Å². The van der Waals surface area contributed by atoms with Crippen molar-refractivity contribution in [2.45, 2.75) is 58.9 Å². The van der Waals surface area contributed by atoms with Gasteiger partial charge in [-0.05, 0) is 51.0 Å².